The lowest BCUT2D eigenvalue weighted by molar-refractivity contribution is 1.19. The van der Waals surface area contributed by atoms with Crippen LogP contribution in [0.5, 0.6) is 0 Å². The summed E-state index contributed by atoms with van der Waals surface area (Å²) in [5.74, 6) is 0. The van der Waals surface area contributed by atoms with E-state index in [2.05, 4.69) is 156 Å². The maximum Gasteiger partial charge on any atom is 0.0629 e. The summed E-state index contributed by atoms with van der Waals surface area (Å²) in [4.78, 5) is 2.00. The molecule has 2 nitrogen and oxygen atoms in total. The van der Waals surface area contributed by atoms with Crippen molar-refractivity contribution in [2.24, 2.45) is 0 Å². The van der Waals surface area contributed by atoms with Crippen LogP contribution in [0.25, 0.3) is 105 Å². The molecular formula is C68H46N2. The Hall–Kier alpha value is -9.24. The first-order valence-corrected chi connectivity index (χ1v) is 23.3. The molecule has 0 aliphatic rings. The van der Waals surface area contributed by atoms with Gasteiger partial charge >= 0.3 is 0 Å². The summed E-state index contributed by atoms with van der Waals surface area (Å²) >= 11 is 0. The van der Waals surface area contributed by atoms with Gasteiger partial charge in [-0.1, -0.05) is 224 Å². The van der Waals surface area contributed by atoms with Crippen LogP contribution in [-0.2, 0) is 0 Å². The summed E-state index contributed by atoms with van der Waals surface area (Å²) in [6.45, 7) is 0. The van der Waals surface area contributed by atoms with Gasteiger partial charge in [-0.05, 0) is 126 Å². The minimum absolute atomic E-state index is 0.101. The second-order valence-corrected chi connectivity index (χ2v) is 17.3. The van der Waals surface area contributed by atoms with Crippen molar-refractivity contribution in [1.82, 2.24) is 4.57 Å². The number of nitrogens with zero attached hydrogens (tertiary/aromatic N) is 2. The van der Waals surface area contributed by atoms with E-state index in [-0.39, 0.29) is 35.3 Å². The van der Waals surface area contributed by atoms with Crippen molar-refractivity contribution in [2.75, 3.05) is 4.90 Å². The molecule has 70 heavy (non-hydrogen) atoms. The summed E-state index contributed by atoms with van der Waals surface area (Å²) in [7, 11) is 0. The highest BCUT2D eigenvalue weighted by Crippen LogP contribution is 2.44. The van der Waals surface area contributed by atoms with Crippen LogP contribution in [0.4, 0.5) is 17.1 Å². The number of hydrogen-bond acceptors (Lipinski definition) is 1. The monoisotopic (exact) mass is 900 g/mol. The largest absolute Gasteiger partial charge is 0.311 e. The maximum absolute atomic E-state index is 8.60. The first kappa shape index (κ1) is 31.7. The van der Waals surface area contributed by atoms with Crippen molar-refractivity contribution in [3.05, 3.63) is 279 Å². The molecule has 1 heterocycles. The van der Waals surface area contributed by atoms with E-state index in [1.807, 2.05) is 47.4 Å². The van der Waals surface area contributed by atoms with Gasteiger partial charge in [0, 0.05) is 38.9 Å². The van der Waals surface area contributed by atoms with Gasteiger partial charge in [-0.2, -0.15) is 0 Å². The first-order valence-electron chi connectivity index (χ1n) is 28.3. The lowest BCUT2D eigenvalue weighted by atomic mass is 9.96. The molecule has 2 heteroatoms. The topological polar surface area (TPSA) is 8.17 Å². The van der Waals surface area contributed by atoms with Crippen LogP contribution in [0.3, 0.4) is 0 Å². The average molecular weight is 901 g/mol. The Labute approximate surface area is 422 Å². The Morgan fingerprint density at radius 1 is 0.286 bits per heavy atom. The van der Waals surface area contributed by atoms with E-state index < -0.39 is 36.3 Å². The highest BCUT2D eigenvalue weighted by molar-refractivity contribution is 6.32. The zero-order valence-electron chi connectivity index (χ0n) is 47.7. The second-order valence-electron chi connectivity index (χ2n) is 17.3. The van der Waals surface area contributed by atoms with E-state index in [1.165, 1.54) is 43.4 Å². The Kier molecular flexibility index (Phi) is 7.89. The fraction of sp³-hybridized carbons (Fsp3) is 0. The minimum Gasteiger partial charge on any atom is -0.311 e. The molecule has 0 spiro atoms. The third-order valence-electron chi connectivity index (χ3n) is 13.4. The molecule has 12 aromatic carbocycles. The van der Waals surface area contributed by atoms with Gasteiger partial charge in [0.05, 0.1) is 24.7 Å². The van der Waals surface area contributed by atoms with Crippen molar-refractivity contribution in [3.63, 3.8) is 0 Å². The number of fused-ring (bicyclic) bond motifs is 8. The van der Waals surface area contributed by atoms with Gasteiger partial charge in [-0.15, -0.1) is 0 Å². The molecule has 0 atom stereocenters. The van der Waals surface area contributed by atoms with Crippen molar-refractivity contribution in [3.8, 4) is 61.3 Å². The smallest absolute Gasteiger partial charge is 0.0629 e. The molecule has 0 saturated carbocycles. The Bertz CT molecular complexity index is 4430. The van der Waals surface area contributed by atoms with Crippen molar-refractivity contribution >= 4 is 60.4 Å². The summed E-state index contributed by atoms with van der Waals surface area (Å²) in [5, 5.41) is 7.25. The van der Waals surface area contributed by atoms with Crippen LogP contribution < -0.4 is 4.90 Å². The zero-order chi connectivity index (χ0) is 55.1. The summed E-state index contributed by atoms with van der Waals surface area (Å²) < 4.78 is 86.1. The summed E-state index contributed by atoms with van der Waals surface area (Å²) in [5.41, 5.74) is 13.2. The third-order valence-corrected chi connectivity index (χ3v) is 13.4. The van der Waals surface area contributed by atoms with E-state index >= 15 is 0 Å². The van der Waals surface area contributed by atoms with Crippen molar-refractivity contribution in [2.45, 2.75) is 0 Å². The van der Waals surface area contributed by atoms with Crippen molar-refractivity contribution < 1.29 is 13.7 Å². The zero-order valence-corrected chi connectivity index (χ0v) is 37.7. The molecule has 1 aromatic heterocycles. The van der Waals surface area contributed by atoms with Gasteiger partial charge in [-0.3, -0.25) is 0 Å². The summed E-state index contributed by atoms with van der Waals surface area (Å²) in [6, 6.07) is 70.8. The molecule has 0 bridgehead atoms. The number of rotatable bonds is 9. The van der Waals surface area contributed by atoms with E-state index in [1.54, 1.807) is 24.3 Å². The number of anilines is 3. The molecule has 13 rings (SSSR count). The fourth-order valence-corrected chi connectivity index (χ4v) is 10.0. The van der Waals surface area contributed by atoms with E-state index in [0.717, 1.165) is 44.7 Å². The molecular weight excluding hydrogens is 845 g/mol. The molecule has 0 unspecified atom stereocenters. The van der Waals surface area contributed by atoms with Crippen LogP contribution in [0, 0.1) is 0 Å². The summed E-state index contributed by atoms with van der Waals surface area (Å²) in [6.07, 6.45) is 0. The Morgan fingerprint density at radius 2 is 0.657 bits per heavy atom. The molecule has 0 saturated heterocycles. The number of aromatic nitrogens is 1. The minimum atomic E-state index is -0.458. The molecule has 328 valence electrons. The van der Waals surface area contributed by atoms with E-state index in [4.69, 9.17) is 13.7 Å². The van der Waals surface area contributed by atoms with Gasteiger partial charge in [0.1, 0.15) is 0 Å². The SMILES string of the molecule is [2H]c1c([2H])c([2H])c(-c2ccc(N(c3ccc(-c4ccc(-c5ccc6c7c8ccccc8c8ccccc8c7n(-c7ccc(-c8ccccc8)cc7)c6c5)cc4)cc3)c3ccc(-c4c([2H])c([2H])c([2H])c([2H])c4[2H])cc3)cc2)c([2H])c1[2H]. The normalized spacial score (nSPS) is 13.4. The van der Waals surface area contributed by atoms with Crippen molar-refractivity contribution in [1.29, 1.82) is 0 Å². The van der Waals surface area contributed by atoms with Crippen LogP contribution in [0.2, 0.25) is 0 Å². The molecule has 0 N–H and O–H groups in total. The van der Waals surface area contributed by atoms with E-state index in [0.29, 0.717) is 22.5 Å². The lowest BCUT2D eigenvalue weighted by Gasteiger charge is -2.26. The first-order chi connectivity index (χ1) is 38.9. The quantitative estimate of drug-likeness (QED) is 0.131. The van der Waals surface area contributed by atoms with Gasteiger partial charge in [0.25, 0.3) is 0 Å². The van der Waals surface area contributed by atoms with Gasteiger partial charge in [-0.25, -0.2) is 0 Å². The predicted molar refractivity (Wildman–Crippen MR) is 298 cm³/mol. The Balaban J connectivity index is 0.871. The number of benzene rings is 12. The maximum atomic E-state index is 8.60. The van der Waals surface area contributed by atoms with Crippen LogP contribution in [-0.4, -0.2) is 4.57 Å². The molecule has 0 amide bonds. The molecule has 0 aliphatic heterocycles. The van der Waals surface area contributed by atoms with Crippen LogP contribution >= 0.6 is 0 Å². The predicted octanol–water partition coefficient (Wildman–Crippen LogP) is 18.9. The van der Waals surface area contributed by atoms with Gasteiger partial charge in [0.2, 0.25) is 0 Å². The van der Waals surface area contributed by atoms with E-state index in [9.17, 15) is 0 Å². The fourth-order valence-electron chi connectivity index (χ4n) is 10.0. The number of hydrogen-bond donors (Lipinski definition) is 0. The molecule has 0 radical (unpaired) electrons. The molecule has 0 fully saturated rings. The van der Waals surface area contributed by atoms with Gasteiger partial charge < -0.3 is 9.47 Å². The highest BCUT2D eigenvalue weighted by atomic mass is 15.1. The van der Waals surface area contributed by atoms with Crippen LogP contribution in [0.1, 0.15) is 13.7 Å². The van der Waals surface area contributed by atoms with Gasteiger partial charge in [0.15, 0.2) is 0 Å². The molecule has 0 aliphatic carbocycles. The third kappa shape index (κ3) is 7.31. The second kappa shape index (κ2) is 17.4. The highest BCUT2D eigenvalue weighted by Gasteiger charge is 2.20. The molecule has 13 aromatic rings. The Morgan fingerprint density at radius 3 is 1.17 bits per heavy atom. The average Bonchev–Trinajstić information content (AvgIpc) is 3.89. The standard InChI is InChI=1S/C68H46N2/c1-4-14-47(15-5-1)51-28-37-57(38-29-51)69(58-39-30-52(31-40-58)48-16-6-2-7-17-48)59-41-32-54(33-42-59)50-24-26-55(27-25-50)56-36-45-65-66(46-56)70(60-43-34-53(35-44-60)49-18-8-3-9-19-49)68-64-23-13-11-21-62(64)61-20-10-12-22-63(61)67(65)68/h1-46H/i1D,2D,4D,5D,6D,7D,14D,15D,16D,17D. The lowest BCUT2D eigenvalue weighted by Crippen LogP contribution is -2.09. The van der Waals surface area contributed by atoms with Crippen LogP contribution in [0.15, 0.2) is 279 Å².